The summed E-state index contributed by atoms with van der Waals surface area (Å²) in [7, 11) is 0. The van der Waals surface area contributed by atoms with E-state index in [0.29, 0.717) is 13.0 Å². The molecule has 0 bridgehead atoms. The zero-order valence-electron chi connectivity index (χ0n) is 32.9. The molecule has 0 aromatic carbocycles. The van der Waals surface area contributed by atoms with Crippen molar-refractivity contribution in [1.82, 2.24) is 0 Å². The van der Waals surface area contributed by atoms with Crippen LogP contribution in [0, 0.1) is 0 Å². The molecule has 0 saturated carbocycles. The summed E-state index contributed by atoms with van der Waals surface area (Å²) in [5.41, 5.74) is 0. The van der Waals surface area contributed by atoms with Crippen LogP contribution in [0.3, 0.4) is 0 Å². The third kappa shape index (κ3) is 26.4. The molecule has 1 heterocycles. The molecule has 6 unspecified atom stereocenters. The van der Waals surface area contributed by atoms with Gasteiger partial charge in [0.05, 0.1) is 19.8 Å². The second-order valence-electron chi connectivity index (χ2n) is 14.8. The molecule has 0 radical (unpaired) electrons. The number of ether oxygens (including phenoxy) is 4. The first-order valence-electron chi connectivity index (χ1n) is 21.3. The van der Waals surface area contributed by atoms with E-state index < -0.39 is 43.4 Å². The largest absolute Gasteiger partial charge is 0.457 e. The van der Waals surface area contributed by atoms with Gasteiger partial charge in [0.15, 0.2) is 6.29 Å². The molecular weight excluding hydrogens is 648 g/mol. The molecule has 1 saturated heterocycles. The number of unbranched alkanes of at least 4 members (excludes halogenated alkanes) is 23. The third-order valence-electron chi connectivity index (χ3n) is 9.93. The van der Waals surface area contributed by atoms with Gasteiger partial charge in [-0.1, -0.05) is 154 Å². The first kappa shape index (κ1) is 48.0. The van der Waals surface area contributed by atoms with Crippen molar-refractivity contribution in [2.45, 2.75) is 224 Å². The van der Waals surface area contributed by atoms with Crippen LogP contribution in [0.25, 0.3) is 0 Å². The van der Waals surface area contributed by atoms with Crippen LogP contribution < -0.4 is 0 Å². The van der Waals surface area contributed by atoms with Gasteiger partial charge in [-0.2, -0.15) is 0 Å². The molecule has 0 amide bonds. The van der Waals surface area contributed by atoms with Crippen molar-refractivity contribution < 1.29 is 44.2 Å². The molecule has 0 aromatic heterocycles. The third-order valence-corrected chi connectivity index (χ3v) is 9.93. The second-order valence-corrected chi connectivity index (χ2v) is 14.8. The molecule has 0 aromatic rings. The fourth-order valence-electron chi connectivity index (χ4n) is 6.54. The summed E-state index contributed by atoms with van der Waals surface area (Å²) in [5.74, 6) is -0.329. The van der Waals surface area contributed by atoms with Crippen LogP contribution >= 0.6 is 0 Å². The minimum absolute atomic E-state index is 0.111. The van der Waals surface area contributed by atoms with Gasteiger partial charge >= 0.3 is 5.97 Å². The Morgan fingerprint density at radius 2 is 1.08 bits per heavy atom. The van der Waals surface area contributed by atoms with Crippen molar-refractivity contribution in [3.63, 3.8) is 0 Å². The molecule has 1 aliphatic rings. The van der Waals surface area contributed by atoms with Gasteiger partial charge in [0.1, 0.15) is 30.5 Å². The van der Waals surface area contributed by atoms with Crippen molar-refractivity contribution in [3.05, 3.63) is 12.2 Å². The fraction of sp³-hybridized carbons (Fsp3) is 0.929. The minimum atomic E-state index is -1.53. The van der Waals surface area contributed by atoms with Crippen molar-refractivity contribution in [3.8, 4) is 0 Å². The summed E-state index contributed by atoms with van der Waals surface area (Å²) >= 11 is 0. The topological polar surface area (TPSA) is 135 Å². The molecule has 0 spiro atoms. The summed E-state index contributed by atoms with van der Waals surface area (Å²) in [5, 5.41) is 39.8. The number of hydrogen-bond donors (Lipinski definition) is 4. The minimum Gasteiger partial charge on any atom is -0.457 e. The molecule has 1 fully saturated rings. The zero-order valence-corrected chi connectivity index (χ0v) is 32.9. The van der Waals surface area contributed by atoms with Crippen LogP contribution in [0.15, 0.2) is 12.2 Å². The van der Waals surface area contributed by atoms with E-state index >= 15 is 0 Å². The quantitative estimate of drug-likeness (QED) is 0.0284. The van der Waals surface area contributed by atoms with Crippen molar-refractivity contribution >= 4 is 5.97 Å². The Morgan fingerprint density at radius 3 is 1.59 bits per heavy atom. The van der Waals surface area contributed by atoms with Crippen LogP contribution in [0.4, 0.5) is 0 Å². The maximum atomic E-state index is 12.5. The van der Waals surface area contributed by atoms with Gasteiger partial charge in [0.2, 0.25) is 0 Å². The lowest BCUT2D eigenvalue weighted by molar-refractivity contribution is -0.305. The predicted molar refractivity (Wildman–Crippen MR) is 206 cm³/mol. The Balaban J connectivity index is 2.06. The van der Waals surface area contributed by atoms with Crippen LogP contribution in [0.1, 0.15) is 187 Å². The maximum absolute atomic E-state index is 12.5. The summed E-state index contributed by atoms with van der Waals surface area (Å²) in [4.78, 5) is 12.5. The van der Waals surface area contributed by atoms with Crippen molar-refractivity contribution in [2.75, 3.05) is 26.4 Å². The Bertz CT molecular complexity index is 792. The highest BCUT2D eigenvalue weighted by atomic mass is 16.7. The monoisotopic (exact) mass is 729 g/mol. The van der Waals surface area contributed by atoms with Gasteiger partial charge in [0, 0.05) is 13.0 Å². The number of aliphatic hydroxyl groups is 4. The number of carbonyl (C=O) groups is 1. The van der Waals surface area contributed by atoms with Gasteiger partial charge in [-0.15, -0.1) is 0 Å². The SMILES string of the molecule is CCCCCCCCCC/C=C\CCCCCCCCCCCCCCOCC(COC1OC(CO)C(O)C(O)C1O)OC(=O)CCCCCC. The second kappa shape index (κ2) is 34.7. The highest BCUT2D eigenvalue weighted by Gasteiger charge is 2.44. The number of hydrogen-bond acceptors (Lipinski definition) is 9. The van der Waals surface area contributed by atoms with E-state index in [1.165, 1.54) is 128 Å². The number of rotatable bonds is 36. The maximum Gasteiger partial charge on any atom is 0.306 e. The molecule has 4 N–H and O–H groups in total. The van der Waals surface area contributed by atoms with E-state index in [-0.39, 0.29) is 19.2 Å². The van der Waals surface area contributed by atoms with Crippen LogP contribution in [0.5, 0.6) is 0 Å². The molecule has 1 aliphatic heterocycles. The Morgan fingerprint density at radius 1 is 0.608 bits per heavy atom. The molecule has 1 rings (SSSR count). The van der Waals surface area contributed by atoms with E-state index in [2.05, 4.69) is 26.0 Å². The van der Waals surface area contributed by atoms with Crippen LogP contribution in [-0.2, 0) is 23.7 Å². The highest BCUT2D eigenvalue weighted by Crippen LogP contribution is 2.22. The first-order valence-corrected chi connectivity index (χ1v) is 21.3. The molecule has 302 valence electrons. The van der Waals surface area contributed by atoms with Crippen LogP contribution in [-0.4, -0.2) is 89.6 Å². The average Bonchev–Trinajstić information content (AvgIpc) is 3.13. The lowest BCUT2D eigenvalue weighted by Crippen LogP contribution is -2.59. The summed E-state index contributed by atoms with van der Waals surface area (Å²) in [6.45, 7) is 4.45. The Labute approximate surface area is 312 Å². The lowest BCUT2D eigenvalue weighted by atomic mass is 9.99. The number of aliphatic hydroxyl groups excluding tert-OH is 4. The molecule has 51 heavy (non-hydrogen) atoms. The van der Waals surface area contributed by atoms with Gasteiger partial charge in [-0.3, -0.25) is 4.79 Å². The lowest BCUT2D eigenvalue weighted by Gasteiger charge is -2.39. The number of esters is 1. The standard InChI is InChI=1S/C42H80O9/c1-3-5-7-9-10-11-12-13-14-15-16-17-18-19-20-21-22-23-24-25-26-27-28-30-32-48-34-36(50-38(44)31-29-8-6-4-2)35-49-42-41(47)40(46)39(45)37(33-43)51-42/h15-16,36-37,39-43,45-47H,3-14,17-35H2,1-2H3/b16-15-. The van der Waals surface area contributed by atoms with E-state index in [4.69, 9.17) is 18.9 Å². The van der Waals surface area contributed by atoms with E-state index in [1.807, 2.05) is 0 Å². The summed E-state index contributed by atoms with van der Waals surface area (Å²) in [6, 6.07) is 0. The van der Waals surface area contributed by atoms with Crippen molar-refractivity contribution in [1.29, 1.82) is 0 Å². The first-order chi connectivity index (χ1) is 24.9. The smallest absolute Gasteiger partial charge is 0.306 e. The molecule has 9 heteroatoms. The van der Waals surface area contributed by atoms with Gasteiger partial charge in [0.25, 0.3) is 0 Å². The highest BCUT2D eigenvalue weighted by molar-refractivity contribution is 5.69. The molecule has 6 atom stereocenters. The predicted octanol–water partition coefficient (Wildman–Crippen LogP) is 8.86. The number of allylic oxidation sites excluding steroid dienone is 2. The van der Waals surface area contributed by atoms with Gasteiger partial charge < -0.3 is 39.4 Å². The molecular formula is C42H80O9. The fourth-order valence-corrected chi connectivity index (χ4v) is 6.54. The molecule has 9 nitrogen and oxygen atoms in total. The Hall–Kier alpha value is -1.07. The van der Waals surface area contributed by atoms with Crippen LogP contribution in [0.2, 0.25) is 0 Å². The molecule has 0 aliphatic carbocycles. The van der Waals surface area contributed by atoms with Crippen molar-refractivity contribution in [2.24, 2.45) is 0 Å². The average molecular weight is 729 g/mol. The van der Waals surface area contributed by atoms with E-state index in [1.54, 1.807) is 0 Å². The summed E-state index contributed by atoms with van der Waals surface area (Å²) < 4.78 is 22.5. The number of carbonyl (C=O) groups excluding carboxylic acids is 1. The van der Waals surface area contributed by atoms with E-state index in [0.717, 1.165) is 38.5 Å². The zero-order chi connectivity index (χ0) is 37.2. The van der Waals surface area contributed by atoms with Gasteiger partial charge in [-0.05, 0) is 38.5 Å². The van der Waals surface area contributed by atoms with Gasteiger partial charge in [-0.25, -0.2) is 0 Å². The Kier molecular flexibility index (Phi) is 32.6. The van der Waals surface area contributed by atoms with E-state index in [9.17, 15) is 25.2 Å². The summed E-state index contributed by atoms with van der Waals surface area (Å²) in [6.07, 6.45) is 30.3. The normalized spacial score (nSPS) is 21.4.